The number of rotatable bonds is 3. The van der Waals surface area contributed by atoms with Crippen molar-refractivity contribution >= 4 is 29.6 Å². The number of benzene rings is 1. The van der Waals surface area contributed by atoms with Crippen molar-refractivity contribution in [3.8, 4) is 0 Å². The zero-order valence-electron chi connectivity index (χ0n) is 14.6. The molecule has 0 spiro atoms. The first-order valence-electron chi connectivity index (χ1n) is 8.13. The van der Waals surface area contributed by atoms with Crippen molar-refractivity contribution in [2.45, 2.75) is 26.8 Å². The van der Waals surface area contributed by atoms with Crippen LogP contribution >= 0.6 is 0 Å². The van der Waals surface area contributed by atoms with Gasteiger partial charge in [0.2, 0.25) is 0 Å². The number of urea groups is 1. The van der Waals surface area contributed by atoms with Crippen LogP contribution in [0.3, 0.4) is 0 Å². The predicted molar refractivity (Wildman–Crippen MR) is 95.0 cm³/mol. The maximum Gasteiger partial charge on any atom is 0.335 e. The van der Waals surface area contributed by atoms with Gasteiger partial charge < -0.3 is 4.57 Å². The van der Waals surface area contributed by atoms with Crippen LogP contribution in [0.4, 0.5) is 14.9 Å². The molecule has 4 amide bonds. The van der Waals surface area contributed by atoms with Crippen LogP contribution in [0.15, 0.2) is 42.1 Å². The molecule has 0 aliphatic carbocycles. The van der Waals surface area contributed by atoms with Gasteiger partial charge in [0.25, 0.3) is 11.8 Å². The molecule has 0 unspecified atom stereocenters. The first-order valence-corrected chi connectivity index (χ1v) is 8.13. The third kappa shape index (κ3) is 3.15. The van der Waals surface area contributed by atoms with Gasteiger partial charge in [0, 0.05) is 17.9 Å². The van der Waals surface area contributed by atoms with Crippen molar-refractivity contribution in [3.63, 3.8) is 0 Å². The van der Waals surface area contributed by atoms with E-state index < -0.39 is 23.7 Å². The van der Waals surface area contributed by atoms with Crippen LogP contribution in [0.5, 0.6) is 0 Å². The number of carbonyl (C=O) groups excluding carboxylic acids is 3. The number of aryl methyl sites for hydroxylation is 1. The fourth-order valence-corrected chi connectivity index (χ4v) is 2.92. The molecule has 6 nitrogen and oxygen atoms in total. The number of barbiturate groups is 1. The Kier molecular flexibility index (Phi) is 4.46. The van der Waals surface area contributed by atoms with Gasteiger partial charge in [-0.05, 0) is 56.7 Å². The number of aromatic nitrogens is 1. The van der Waals surface area contributed by atoms with E-state index >= 15 is 0 Å². The van der Waals surface area contributed by atoms with E-state index in [1.165, 1.54) is 24.3 Å². The second-order valence-corrected chi connectivity index (χ2v) is 6.35. The minimum atomic E-state index is -0.904. The third-order valence-corrected chi connectivity index (χ3v) is 4.11. The monoisotopic (exact) mass is 355 g/mol. The second kappa shape index (κ2) is 6.59. The Balaban J connectivity index is 2.01. The third-order valence-electron chi connectivity index (χ3n) is 4.11. The van der Waals surface area contributed by atoms with Crippen molar-refractivity contribution in [3.05, 3.63) is 59.2 Å². The molecule has 1 N–H and O–H groups in total. The van der Waals surface area contributed by atoms with Crippen LogP contribution in [-0.2, 0) is 9.59 Å². The molecule has 1 aliphatic rings. The van der Waals surface area contributed by atoms with Gasteiger partial charge in [0.1, 0.15) is 11.4 Å². The van der Waals surface area contributed by atoms with Gasteiger partial charge in [-0.3, -0.25) is 14.9 Å². The van der Waals surface area contributed by atoms with Gasteiger partial charge in [-0.1, -0.05) is 6.07 Å². The molecule has 2 heterocycles. The SMILES string of the molecule is Cc1cc(/C=C2/C(=O)NC(=O)N(c3cccc(F)c3)C2=O)cn1C(C)C. The Bertz CT molecular complexity index is 943. The summed E-state index contributed by atoms with van der Waals surface area (Å²) < 4.78 is 15.5. The van der Waals surface area contributed by atoms with E-state index in [9.17, 15) is 18.8 Å². The Morgan fingerprint density at radius 2 is 1.88 bits per heavy atom. The highest BCUT2D eigenvalue weighted by atomic mass is 19.1. The maximum atomic E-state index is 13.5. The smallest absolute Gasteiger partial charge is 0.335 e. The van der Waals surface area contributed by atoms with Gasteiger partial charge in [0.05, 0.1) is 5.69 Å². The van der Waals surface area contributed by atoms with Crippen LogP contribution in [0, 0.1) is 12.7 Å². The zero-order chi connectivity index (χ0) is 19.0. The molecule has 7 heteroatoms. The highest BCUT2D eigenvalue weighted by Gasteiger charge is 2.37. The van der Waals surface area contributed by atoms with E-state index in [0.717, 1.165) is 16.7 Å². The molecule has 0 bridgehead atoms. The standard InChI is InChI=1S/C19H18FN3O3/c1-11(2)22-10-13(7-12(22)3)8-16-17(24)21-19(26)23(18(16)25)15-6-4-5-14(20)9-15/h4-11H,1-3H3,(H,21,24,26)/b16-8-. The largest absolute Gasteiger partial charge is 0.349 e. The number of amides is 4. The van der Waals surface area contributed by atoms with Crippen LogP contribution in [0.25, 0.3) is 6.08 Å². The predicted octanol–water partition coefficient (Wildman–Crippen LogP) is 3.18. The molecule has 0 atom stereocenters. The van der Waals surface area contributed by atoms with E-state index in [4.69, 9.17) is 0 Å². The van der Waals surface area contributed by atoms with Crippen LogP contribution < -0.4 is 10.2 Å². The number of hydrogen-bond donors (Lipinski definition) is 1. The zero-order valence-corrected chi connectivity index (χ0v) is 14.6. The normalized spacial score (nSPS) is 16.6. The number of nitrogens with zero attached hydrogens (tertiary/aromatic N) is 2. The second-order valence-electron chi connectivity index (χ2n) is 6.35. The minimum Gasteiger partial charge on any atom is -0.349 e. The summed E-state index contributed by atoms with van der Waals surface area (Å²) >= 11 is 0. The van der Waals surface area contributed by atoms with Crippen molar-refractivity contribution in [1.82, 2.24) is 9.88 Å². The van der Waals surface area contributed by atoms with Crippen LogP contribution in [0.2, 0.25) is 0 Å². The Morgan fingerprint density at radius 3 is 2.50 bits per heavy atom. The Morgan fingerprint density at radius 1 is 1.15 bits per heavy atom. The van der Waals surface area contributed by atoms with E-state index in [1.54, 1.807) is 0 Å². The number of anilines is 1. The van der Waals surface area contributed by atoms with Crippen LogP contribution in [-0.4, -0.2) is 22.4 Å². The lowest BCUT2D eigenvalue weighted by molar-refractivity contribution is -0.122. The topological polar surface area (TPSA) is 71.4 Å². The molecule has 134 valence electrons. The number of nitrogens with one attached hydrogen (secondary N) is 1. The lowest BCUT2D eigenvalue weighted by atomic mass is 10.1. The van der Waals surface area contributed by atoms with E-state index in [1.807, 2.05) is 37.6 Å². The molecule has 3 rings (SSSR count). The first kappa shape index (κ1) is 17.6. The Hall–Kier alpha value is -3.22. The lowest BCUT2D eigenvalue weighted by Crippen LogP contribution is -2.54. The van der Waals surface area contributed by atoms with Crippen molar-refractivity contribution in [2.24, 2.45) is 0 Å². The molecule has 0 saturated carbocycles. The highest BCUT2D eigenvalue weighted by Crippen LogP contribution is 2.23. The first-order chi connectivity index (χ1) is 12.3. The molecule has 1 aromatic heterocycles. The van der Waals surface area contributed by atoms with Gasteiger partial charge in [-0.2, -0.15) is 0 Å². The molecule has 1 aromatic carbocycles. The highest BCUT2D eigenvalue weighted by molar-refractivity contribution is 6.39. The number of carbonyl (C=O) groups is 3. The fourth-order valence-electron chi connectivity index (χ4n) is 2.92. The van der Waals surface area contributed by atoms with Crippen LogP contribution in [0.1, 0.15) is 31.1 Å². The van der Waals surface area contributed by atoms with Gasteiger partial charge >= 0.3 is 6.03 Å². The molecule has 1 fully saturated rings. The van der Waals surface area contributed by atoms with Crippen molar-refractivity contribution in [2.75, 3.05) is 4.90 Å². The van der Waals surface area contributed by atoms with Crippen molar-refractivity contribution in [1.29, 1.82) is 0 Å². The molecule has 26 heavy (non-hydrogen) atoms. The molecule has 2 aromatic rings. The van der Waals surface area contributed by atoms with E-state index in [-0.39, 0.29) is 17.3 Å². The van der Waals surface area contributed by atoms with Gasteiger partial charge in [-0.15, -0.1) is 0 Å². The fraction of sp³-hybridized carbons (Fsp3) is 0.211. The number of imide groups is 2. The average Bonchev–Trinajstić information content (AvgIpc) is 2.92. The summed E-state index contributed by atoms with van der Waals surface area (Å²) in [7, 11) is 0. The molecular formula is C19H18FN3O3. The molecule has 1 aliphatic heterocycles. The summed E-state index contributed by atoms with van der Waals surface area (Å²) in [5, 5.41) is 2.12. The quantitative estimate of drug-likeness (QED) is 0.679. The lowest BCUT2D eigenvalue weighted by Gasteiger charge is -2.26. The van der Waals surface area contributed by atoms with Gasteiger partial charge in [0.15, 0.2) is 0 Å². The minimum absolute atomic E-state index is 0.0573. The summed E-state index contributed by atoms with van der Waals surface area (Å²) in [6.07, 6.45) is 3.26. The number of halogens is 1. The summed E-state index contributed by atoms with van der Waals surface area (Å²) in [6.45, 7) is 5.97. The maximum absolute atomic E-state index is 13.5. The van der Waals surface area contributed by atoms with E-state index in [2.05, 4.69) is 5.32 Å². The Labute approximate surface area is 149 Å². The number of hydrogen-bond acceptors (Lipinski definition) is 3. The average molecular weight is 355 g/mol. The summed E-state index contributed by atoms with van der Waals surface area (Å²) in [6, 6.07) is 6.24. The molecule has 0 radical (unpaired) electrons. The summed E-state index contributed by atoms with van der Waals surface area (Å²) in [4.78, 5) is 37.7. The van der Waals surface area contributed by atoms with Crippen molar-refractivity contribution < 1.29 is 18.8 Å². The van der Waals surface area contributed by atoms with Gasteiger partial charge in [-0.25, -0.2) is 14.1 Å². The molecular weight excluding hydrogens is 337 g/mol. The van der Waals surface area contributed by atoms with E-state index in [0.29, 0.717) is 5.56 Å². The summed E-state index contributed by atoms with van der Waals surface area (Å²) in [5.74, 6) is -2.16. The summed E-state index contributed by atoms with van der Waals surface area (Å²) in [5.41, 5.74) is 1.52. The molecule has 1 saturated heterocycles.